The van der Waals surface area contributed by atoms with E-state index in [4.69, 9.17) is 0 Å². The van der Waals surface area contributed by atoms with Crippen molar-refractivity contribution < 1.29 is 19.4 Å². The maximum absolute atomic E-state index is 10.2. The second-order valence-electron chi connectivity index (χ2n) is 2.18. The Labute approximate surface area is 122 Å². The summed E-state index contributed by atoms with van der Waals surface area (Å²) in [5, 5.41) is 20.1. The van der Waals surface area contributed by atoms with Crippen molar-refractivity contribution in [1.82, 2.24) is 0 Å². The fourth-order valence-corrected chi connectivity index (χ4v) is 0.596. The molecule has 0 spiro atoms. The van der Waals surface area contributed by atoms with Crippen molar-refractivity contribution >= 4 is 57.4 Å². The molecule has 0 aromatic heterocycles. The van der Waals surface area contributed by atoms with Gasteiger partial charge in [0.2, 0.25) is 0 Å². The summed E-state index contributed by atoms with van der Waals surface area (Å²) in [6.45, 7) is 0.801. The molecule has 0 saturated carbocycles. The summed E-state index contributed by atoms with van der Waals surface area (Å²) >= 11 is 0. The molecule has 14 heavy (non-hydrogen) atoms. The van der Waals surface area contributed by atoms with Gasteiger partial charge in [0.15, 0.2) is 0 Å². The van der Waals surface area contributed by atoms with Crippen LogP contribution >= 0.6 is 0 Å². The summed E-state index contributed by atoms with van der Waals surface area (Å²) in [4.78, 5) is 28.2. The van der Waals surface area contributed by atoms with Crippen molar-refractivity contribution in [3.63, 3.8) is 0 Å². The van der Waals surface area contributed by atoms with Crippen LogP contribution in [-0.4, -0.2) is 80.0 Å². The van der Waals surface area contributed by atoms with Gasteiger partial charge >= 0.3 is 63.5 Å². The van der Waals surface area contributed by atoms with Gasteiger partial charge in [0.1, 0.15) is 13.0 Å². The van der Waals surface area contributed by atoms with Crippen LogP contribution in [0, 0.1) is 20.2 Å². The number of carbonyl (C=O) groups is 1. The van der Waals surface area contributed by atoms with E-state index in [1.807, 2.05) is 0 Å². The van der Waals surface area contributed by atoms with E-state index in [9.17, 15) is 25.0 Å². The molecule has 0 rings (SSSR count). The molecule has 8 nitrogen and oxygen atoms in total. The predicted octanol–water partition coefficient (Wildman–Crippen LogP) is -0.829. The van der Waals surface area contributed by atoms with Crippen LogP contribution in [0.3, 0.4) is 0 Å². The Kier molecular flexibility index (Phi) is 9.61. The first-order valence-corrected chi connectivity index (χ1v) is 3.35. The third kappa shape index (κ3) is 7.32. The zero-order valence-electron chi connectivity index (χ0n) is 6.84. The molecular formula is C5H9KN2O6. The number of hydrogen-bond donors (Lipinski definition) is 0. The first kappa shape index (κ1) is 16.3. The summed E-state index contributed by atoms with van der Waals surface area (Å²) in [5.74, 6) is -0.620. The van der Waals surface area contributed by atoms with Gasteiger partial charge in [0.25, 0.3) is 0 Å². The molecular weight excluding hydrogens is 223 g/mol. The average molecular weight is 232 g/mol. The summed E-state index contributed by atoms with van der Waals surface area (Å²) in [7, 11) is 0. The van der Waals surface area contributed by atoms with Gasteiger partial charge in [0, 0.05) is 6.92 Å². The topological polar surface area (TPSA) is 113 Å². The van der Waals surface area contributed by atoms with E-state index >= 15 is 0 Å². The number of nitrogens with zero attached hydrogens (tertiary/aromatic N) is 2. The second-order valence-corrected chi connectivity index (χ2v) is 2.18. The molecule has 0 N–H and O–H groups in total. The van der Waals surface area contributed by atoms with E-state index in [1.54, 1.807) is 0 Å². The Hall–Kier alpha value is -0.0936. The van der Waals surface area contributed by atoms with Crippen molar-refractivity contribution in [1.29, 1.82) is 0 Å². The molecule has 0 aliphatic heterocycles. The van der Waals surface area contributed by atoms with E-state index in [1.165, 1.54) is 0 Å². The molecule has 0 aliphatic carbocycles. The van der Waals surface area contributed by atoms with Gasteiger partial charge in [-0.25, -0.2) is 0 Å². The van der Waals surface area contributed by atoms with Crippen LogP contribution in [0.15, 0.2) is 0 Å². The van der Waals surface area contributed by atoms with E-state index in [2.05, 4.69) is 4.74 Å². The van der Waals surface area contributed by atoms with Crippen LogP contribution in [0.4, 0.5) is 0 Å². The van der Waals surface area contributed by atoms with Gasteiger partial charge in [-0.3, -0.25) is 25.0 Å². The fourth-order valence-electron chi connectivity index (χ4n) is 0.596. The molecule has 0 aromatic carbocycles. The summed E-state index contributed by atoms with van der Waals surface area (Å²) < 4.78 is 4.32. The normalized spacial score (nSPS) is 9.00. The molecule has 0 radical (unpaired) electrons. The van der Waals surface area contributed by atoms with Gasteiger partial charge in [-0.2, -0.15) is 0 Å². The summed E-state index contributed by atoms with van der Waals surface area (Å²) in [5.41, 5.74) is 0. The number of carbonyl (C=O) groups excluding carboxylic acids is 1. The number of hydrogen-bond acceptors (Lipinski definition) is 6. The van der Waals surface area contributed by atoms with E-state index in [-0.39, 0.29) is 58.0 Å². The molecule has 0 heterocycles. The molecule has 0 saturated heterocycles. The molecule has 76 valence electrons. The number of nitro groups is 2. The number of esters is 1. The van der Waals surface area contributed by atoms with Crippen LogP contribution in [0.25, 0.3) is 0 Å². The first-order valence-electron chi connectivity index (χ1n) is 3.35. The van der Waals surface area contributed by atoms with Gasteiger partial charge in [-0.15, -0.1) is 0 Å². The minimum atomic E-state index is -1.90. The number of rotatable bonds is 5. The molecule has 9 heteroatoms. The predicted molar refractivity (Wildman–Crippen MR) is 46.2 cm³/mol. The standard InChI is InChI=1S/C5H8N2O6.K.H/c1-4(8)13-3-2-5(6(9)10)7(11)12;;/h5H,2-3H2,1H3;;. The Balaban J connectivity index is 0. The zero-order valence-corrected chi connectivity index (χ0v) is 6.84. The van der Waals surface area contributed by atoms with Gasteiger partial charge in [-0.05, 0) is 0 Å². The molecule has 0 aliphatic rings. The molecule has 0 aromatic rings. The third-order valence-electron chi connectivity index (χ3n) is 1.17. The fraction of sp³-hybridized carbons (Fsp3) is 0.800. The van der Waals surface area contributed by atoms with Gasteiger partial charge in [0.05, 0.1) is 9.85 Å². The second kappa shape index (κ2) is 8.23. The van der Waals surface area contributed by atoms with Crippen molar-refractivity contribution in [3.8, 4) is 0 Å². The maximum atomic E-state index is 10.2. The van der Waals surface area contributed by atoms with Crippen molar-refractivity contribution in [2.75, 3.05) is 6.61 Å². The zero-order chi connectivity index (χ0) is 10.4. The van der Waals surface area contributed by atoms with Crippen LogP contribution < -0.4 is 0 Å². The minimum absolute atomic E-state index is 0. The van der Waals surface area contributed by atoms with Crippen LogP contribution in [-0.2, 0) is 9.53 Å². The van der Waals surface area contributed by atoms with Gasteiger partial charge < -0.3 is 4.74 Å². The van der Waals surface area contributed by atoms with E-state index in [0.29, 0.717) is 0 Å². The molecule has 0 atom stereocenters. The number of ether oxygens (including phenoxy) is 1. The Morgan fingerprint density at radius 3 is 2.07 bits per heavy atom. The Morgan fingerprint density at radius 1 is 1.36 bits per heavy atom. The van der Waals surface area contributed by atoms with E-state index in [0.717, 1.165) is 6.92 Å². The quantitative estimate of drug-likeness (QED) is 0.201. The Bertz CT molecular complexity index is 218. The van der Waals surface area contributed by atoms with Crippen LogP contribution in [0.2, 0.25) is 0 Å². The third-order valence-corrected chi connectivity index (χ3v) is 1.17. The average Bonchev–Trinajstić information content (AvgIpc) is 1.95. The van der Waals surface area contributed by atoms with Crippen molar-refractivity contribution in [2.24, 2.45) is 0 Å². The van der Waals surface area contributed by atoms with Crippen LogP contribution in [0.1, 0.15) is 13.3 Å². The molecule has 0 bridgehead atoms. The monoisotopic (exact) mass is 232 g/mol. The molecule has 0 amide bonds. The molecule has 0 unspecified atom stereocenters. The molecule has 0 fully saturated rings. The van der Waals surface area contributed by atoms with Crippen molar-refractivity contribution in [2.45, 2.75) is 19.5 Å². The summed E-state index contributed by atoms with van der Waals surface area (Å²) in [6, 6.07) is 0. The van der Waals surface area contributed by atoms with Gasteiger partial charge in [-0.1, -0.05) is 0 Å². The van der Waals surface area contributed by atoms with E-state index < -0.39 is 28.4 Å². The van der Waals surface area contributed by atoms with Crippen molar-refractivity contribution in [3.05, 3.63) is 20.2 Å². The summed E-state index contributed by atoms with van der Waals surface area (Å²) in [6.07, 6.45) is -2.32. The Morgan fingerprint density at radius 2 is 1.79 bits per heavy atom. The first-order chi connectivity index (χ1) is 5.95. The SMILES string of the molecule is CC(=O)OCCC([N+](=O)[O-])[N+](=O)[O-].[KH]. The van der Waals surface area contributed by atoms with Crippen LogP contribution in [0.5, 0.6) is 0 Å².